The van der Waals surface area contributed by atoms with Crippen molar-refractivity contribution in [3.05, 3.63) is 89.0 Å². The van der Waals surface area contributed by atoms with Crippen molar-refractivity contribution in [1.29, 1.82) is 5.26 Å². The molecule has 0 radical (unpaired) electrons. The van der Waals surface area contributed by atoms with Gasteiger partial charge in [0.1, 0.15) is 13.0 Å². The third kappa shape index (κ3) is 7.17. The van der Waals surface area contributed by atoms with Crippen LogP contribution in [0.5, 0.6) is 11.5 Å². The van der Waals surface area contributed by atoms with Crippen molar-refractivity contribution in [3.8, 4) is 17.6 Å². The number of benzene rings is 3. The van der Waals surface area contributed by atoms with Crippen molar-refractivity contribution in [2.24, 2.45) is 5.10 Å². The van der Waals surface area contributed by atoms with E-state index < -0.39 is 11.8 Å². The number of nitrogens with one attached hydrogen (secondary N) is 2. The van der Waals surface area contributed by atoms with Gasteiger partial charge in [-0.1, -0.05) is 43.3 Å². The Labute approximate surface area is 204 Å². The third-order valence-electron chi connectivity index (χ3n) is 5.11. The van der Waals surface area contributed by atoms with Crippen LogP contribution in [-0.4, -0.2) is 25.1 Å². The van der Waals surface area contributed by atoms with Gasteiger partial charge in [0.05, 0.1) is 25.0 Å². The summed E-state index contributed by atoms with van der Waals surface area (Å²) in [4.78, 5) is 24.3. The predicted octanol–water partition coefficient (Wildman–Crippen LogP) is 4.19. The first kappa shape index (κ1) is 25.0. The third-order valence-corrected chi connectivity index (χ3v) is 5.11. The van der Waals surface area contributed by atoms with E-state index in [0.717, 1.165) is 17.5 Å². The lowest BCUT2D eigenvalue weighted by molar-refractivity contribution is -0.126. The van der Waals surface area contributed by atoms with Crippen LogP contribution in [0.15, 0.2) is 71.8 Å². The van der Waals surface area contributed by atoms with Crippen LogP contribution in [0.3, 0.4) is 0 Å². The number of anilines is 1. The number of rotatable bonds is 10. The van der Waals surface area contributed by atoms with E-state index in [-0.39, 0.29) is 13.0 Å². The molecule has 0 heterocycles. The fourth-order valence-electron chi connectivity index (χ4n) is 3.30. The highest BCUT2D eigenvalue weighted by atomic mass is 16.5. The summed E-state index contributed by atoms with van der Waals surface area (Å²) < 4.78 is 11.2. The van der Waals surface area contributed by atoms with E-state index in [2.05, 4.69) is 21.9 Å². The molecule has 3 aromatic rings. The van der Waals surface area contributed by atoms with E-state index >= 15 is 0 Å². The number of amides is 2. The van der Waals surface area contributed by atoms with E-state index in [9.17, 15) is 14.9 Å². The molecule has 3 rings (SSSR count). The van der Waals surface area contributed by atoms with Gasteiger partial charge in [0, 0.05) is 11.3 Å². The minimum Gasteiger partial charge on any atom is -0.493 e. The maximum atomic E-state index is 12.2. The SMILES string of the molecule is CCc1ccccc1NC(=O)CC(=O)NN=Cc1ccc(OCc2ccccc2C#N)c(OC)c1. The monoisotopic (exact) mass is 470 g/mol. The van der Waals surface area contributed by atoms with E-state index in [4.69, 9.17) is 9.47 Å². The Hall–Kier alpha value is -4.64. The van der Waals surface area contributed by atoms with E-state index in [1.165, 1.54) is 13.3 Å². The number of carbonyl (C=O) groups excluding carboxylic acids is 2. The minimum absolute atomic E-state index is 0.217. The van der Waals surface area contributed by atoms with Gasteiger partial charge in [0.25, 0.3) is 0 Å². The number of carbonyl (C=O) groups is 2. The summed E-state index contributed by atoms with van der Waals surface area (Å²) in [6.07, 6.45) is 1.86. The summed E-state index contributed by atoms with van der Waals surface area (Å²) >= 11 is 0. The van der Waals surface area contributed by atoms with Gasteiger partial charge in [-0.05, 0) is 47.9 Å². The van der Waals surface area contributed by atoms with Crippen LogP contribution in [0.25, 0.3) is 0 Å². The maximum Gasteiger partial charge on any atom is 0.249 e. The second-order valence-electron chi connectivity index (χ2n) is 7.50. The average Bonchev–Trinajstić information content (AvgIpc) is 2.88. The van der Waals surface area contributed by atoms with Crippen LogP contribution < -0.4 is 20.2 Å². The fourth-order valence-corrected chi connectivity index (χ4v) is 3.30. The van der Waals surface area contributed by atoms with Crippen molar-refractivity contribution in [2.75, 3.05) is 12.4 Å². The molecule has 0 aliphatic heterocycles. The molecule has 2 amide bonds. The van der Waals surface area contributed by atoms with Gasteiger partial charge in [-0.2, -0.15) is 10.4 Å². The molecule has 0 bridgehead atoms. The highest BCUT2D eigenvalue weighted by Crippen LogP contribution is 2.28. The van der Waals surface area contributed by atoms with Crippen LogP contribution in [0.1, 0.15) is 35.6 Å². The van der Waals surface area contributed by atoms with Gasteiger partial charge in [-0.3, -0.25) is 9.59 Å². The second kappa shape index (κ2) is 12.6. The molecule has 0 unspecified atom stereocenters. The van der Waals surface area contributed by atoms with Crippen molar-refractivity contribution in [3.63, 3.8) is 0 Å². The number of aryl methyl sites for hydroxylation is 1. The van der Waals surface area contributed by atoms with Crippen LogP contribution >= 0.6 is 0 Å². The molecule has 0 aromatic heterocycles. The largest absolute Gasteiger partial charge is 0.493 e. The van der Waals surface area contributed by atoms with Gasteiger partial charge in [-0.15, -0.1) is 0 Å². The standard InChI is InChI=1S/C27H26N4O4/c1-3-20-8-6-7-11-23(20)30-26(32)15-27(33)31-29-17-19-12-13-24(25(14-19)34-2)35-18-22-10-5-4-9-21(22)16-28/h4-14,17H,3,15,18H2,1-2H3,(H,30,32)(H,31,33). The fraction of sp³-hybridized carbons (Fsp3) is 0.185. The molecule has 0 spiro atoms. The summed E-state index contributed by atoms with van der Waals surface area (Å²) in [5.74, 6) is 0.0321. The van der Waals surface area contributed by atoms with Crippen molar-refractivity contribution < 1.29 is 19.1 Å². The number of nitriles is 1. The van der Waals surface area contributed by atoms with Crippen molar-refractivity contribution >= 4 is 23.7 Å². The number of ether oxygens (including phenoxy) is 2. The van der Waals surface area contributed by atoms with Gasteiger partial charge in [-0.25, -0.2) is 5.43 Å². The molecular weight excluding hydrogens is 444 g/mol. The summed E-state index contributed by atoms with van der Waals surface area (Å²) in [7, 11) is 1.52. The number of nitrogens with zero attached hydrogens (tertiary/aromatic N) is 2. The van der Waals surface area contributed by atoms with Gasteiger partial charge in [0.15, 0.2) is 11.5 Å². The zero-order chi connectivity index (χ0) is 25.0. The van der Waals surface area contributed by atoms with Gasteiger partial charge < -0.3 is 14.8 Å². The molecule has 0 aliphatic rings. The molecular formula is C27H26N4O4. The van der Waals surface area contributed by atoms with Crippen molar-refractivity contribution in [1.82, 2.24) is 5.43 Å². The number of hydrazone groups is 1. The molecule has 178 valence electrons. The van der Waals surface area contributed by atoms with Crippen LogP contribution in [0, 0.1) is 11.3 Å². The Bertz CT molecular complexity index is 1260. The number of methoxy groups -OCH3 is 1. The van der Waals surface area contributed by atoms with Crippen LogP contribution in [0.2, 0.25) is 0 Å². The van der Waals surface area contributed by atoms with E-state index in [1.807, 2.05) is 37.3 Å². The van der Waals surface area contributed by atoms with Crippen LogP contribution in [-0.2, 0) is 22.6 Å². The minimum atomic E-state index is -0.532. The number of para-hydroxylation sites is 1. The molecule has 8 heteroatoms. The first-order valence-corrected chi connectivity index (χ1v) is 11.0. The molecule has 35 heavy (non-hydrogen) atoms. The molecule has 0 aliphatic carbocycles. The molecule has 0 saturated heterocycles. The normalized spacial score (nSPS) is 10.4. The lowest BCUT2D eigenvalue weighted by atomic mass is 10.1. The second-order valence-corrected chi connectivity index (χ2v) is 7.50. The van der Waals surface area contributed by atoms with E-state index in [0.29, 0.717) is 28.3 Å². The maximum absolute atomic E-state index is 12.2. The average molecular weight is 471 g/mol. The molecule has 0 saturated carbocycles. The topological polar surface area (TPSA) is 113 Å². The highest BCUT2D eigenvalue weighted by Gasteiger charge is 2.11. The summed E-state index contributed by atoms with van der Waals surface area (Å²) in [5.41, 5.74) is 6.03. The Morgan fingerprint density at radius 2 is 1.74 bits per heavy atom. The van der Waals surface area contributed by atoms with E-state index in [1.54, 1.807) is 36.4 Å². The molecule has 2 N–H and O–H groups in total. The number of hydrogen-bond donors (Lipinski definition) is 2. The zero-order valence-corrected chi connectivity index (χ0v) is 19.6. The van der Waals surface area contributed by atoms with Crippen molar-refractivity contribution in [2.45, 2.75) is 26.4 Å². The lowest BCUT2D eigenvalue weighted by Gasteiger charge is -2.12. The lowest BCUT2D eigenvalue weighted by Crippen LogP contribution is -2.25. The Balaban J connectivity index is 1.54. The smallest absolute Gasteiger partial charge is 0.249 e. The molecule has 0 fully saturated rings. The van der Waals surface area contributed by atoms with Gasteiger partial charge >= 0.3 is 0 Å². The Morgan fingerprint density at radius 3 is 2.49 bits per heavy atom. The summed E-state index contributed by atoms with van der Waals surface area (Å²) in [6, 6.07) is 22.0. The number of hydrogen-bond acceptors (Lipinski definition) is 6. The molecule has 0 atom stereocenters. The highest BCUT2D eigenvalue weighted by molar-refractivity contribution is 6.04. The quantitative estimate of drug-likeness (QED) is 0.262. The molecule has 8 nitrogen and oxygen atoms in total. The summed E-state index contributed by atoms with van der Waals surface area (Å²) in [6.45, 7) is 2.21. The Morgan fingerprint density at radius 1 is 1.00 bits per heavy atom. The van der Waals surface area contributed by atoms with Crippen LogP contribution in [0.4, 0.5) is 5.69 Å². The Kier molecular flexibility index (Phi) is 8.97. The first-order chi connectivity index (χ1) is 17.0. The summed E-state index contributed by atoms with van der Waals surface area (Å²) in [5, 5.41) is 15.9. The molecule has 3 aromatic carbocycles. The zero-order valence-electron chi connectivity index (χ0n) is 19.6. The first-order valence-electron chi connectivity index (χ1n) is 11.0. The predicted molar refractivity (Wildman–Crippen MR) is 133 cm³/mol. The van der Waals surface area contributed by atoms with Gasteiger partial charge in [0.2, 0.25) is 11.8 Å².